The summed E-state index contributed by atoms with van der Waals surface area (Å²) in [5.41, 5.74) is 0. The van der Waals surface area contributed by atoms with Gasteiger partial charge in [0.15, 0.2) is 0 Å². The molecule has 16 heavy (non-hydrogen) atoms. The third kappa shape index (κ3) is 3.33. The Kier molecular flexibility index (Phi) is 5.50. The van der Waals surface area contributed by atoms with Crippen molar-refractivity contribution in [2.45, 2.75) is 58.7 Å². The van der Waals surface area contributed by atoms with Crippen molar-refractivity contribution in [1.82, 2.24) is 10.2 Å². The summed E-state index contributed by atoms with van der Waals surface area (Å²) in [6.07, 6.45) is 4.62. The Morgan fingerprint density at radius 2 is 2.12 bits per heavy atom. The first-order valence-electron chi connectivity index (χ1n) is 6.71. The second-order valence-electron chi connectivity index (χ2n) is 5.38. The molecule has 3 atom stereocenters. The van der Waals surface area contributed by atoms with Crippen molar-refractivity contribution in [2.24, 2.45) is 5.92 Å². The molecule has 0 aromatic carbocycles. The summed E-state index contributed by atoms with van der Waals surface area (Å²) in [6, 6.07) is 1.82. The lowest BCUT2D eigenvalue weighted by atomic mass is 9.95. The second-order valence-corrected chi connectivity index (χ2v) is 5.38. The molecule has 1 fully saturated rings. The van der Waals surface area contributed by atoms with Crippen LogP contribution >= 0.6 is 0 Å². The van der Waals surface area contributed by atoms with Gasteiger partial charge in [-0.25, -0.2) is 0 Å². The van der Waals surface area contributed by atoms with E-state index in [-0.39, 0.29) is 0 Å². The van der Waals surface area contributed by atoms with Crippen LogP contribution in [0.2, 0.25) is 0 Å². The summed E-state index contributed by atoms with van der Waals surface area (Å²) < 4.78 is 0. The van der Waals surface area contributed by atoms with Crippen molar-refractivity contribution in [3.63, 3.8) is 0 Å². The number of nitrogens with one attached hydrogen (secondary N) is 1. The fourth-order valence-electron chi connectivity index (χ4n) is 2.62. The summed E-state index contributed by atoms with van der Waals surface area (Å²) in [6.45, 7) is 15.4. The van der Waals surface area contributed by atoms with Gasteiger partial charge in [-0.3, -0.25) is 4.90 Å². The van der Waals surface area contributed by atoms with Gasteiger partial charge in [-0.2, -0.15) is 0 Å². The van der Waals surface area contributed by atoms with Crippen LogP contribution in [0.25, 0.3) is 0 Å². The van der Waals surface area contributed by atoms with E-state index in [1.54, 1.807) is 0 Å². The van der Waals surface area contributed by atoms with Gasteiger partial charge in [0.2, 0.25) is 0 Å². The third-order valence-electron chi connectivity index (χ3n) is 3.74. The molecule has 0 saturated carbocycles. The average Bonchev–Trinajstić information content (AvgIpc) is 2.28. The van der Waals surface area contributed by atoms with Crippen molar-refractivity contribution in [2.75, 3.05) is 13.1 Å². The first-order valence-corrected chi connectivity index (χ1v) is 6.71. The number of hydrogen-bond acceptors (Lipinski definition) is 2. The molecule has 0 bridgehead atoms. The Hall–Kier alpha value is -0.340. The van der Waals surface area contributed by atoms with Crippen molar-refractivity contribution in [1.29, 1.82) is 0 Å². The van der Waals surface area contributed by atoms with Crippen LogP contribution in [0, 0.1) is 5.92 Å². The van der Waals surface area contributed by atoms with Gasteiger partial charge in [-0.05, 0) is 19.3 Å². The molecule has 3 unspecified atom stereocenters. The molecule has 0 amide bonds. The van der Waals surface area contributed by atoms with Crippen LogP contribution in [0.1, 0.15) is 40.5 Å². The Labute approximate surface area is 101 Å². The molecule has 0 aromatic rings. The van der Waals surface area contributed by atoms with Gasteiger partial charge in [0, 0.05) is 31.2 Å². The van der Waals surface area contributed by atoms with Gasteiger partial charge in [-0.15, -0.1) is 6.58 Å². The van der Waals surface area contributed by atoms with E-state index in [1.165, 1.54) is 19.4 Å². The highest BCUT2D eigenvalue weighted by Gasteiger charge is 2.31. The molecule has 2 heteroatoms. The molecule has 1 heterocycles. The largest absolute Gasteiger partial charge is 0.311 e. The minimum absolute atomic E-state index is 0.494. The maximum atomic E-state index is 3.94. The zero-order valence-corrected chi connectivity index (χ0v) is 11.4. The lowest BCUT2D eigenvalue weighted by molar-refractivity contribution is 0.0770. The normalized spacial score (nSPS) is 29.3. The molecule has 0 aromatic heterocycles. The van der Waals surface area contributed by atoms with Gasteiger partial charge >= 0.3 is 0 Å². The molecule has 1 rings (SSSR count). The molecule has 94 valence electrons. The van der Waals surface area contributed by atoms with Crippen LogP contribution < -0.4 is 5.32 Å². The molecule has 0 aliphatic carbocycles. The molecule has 1 N–H and O–H groups in total. The van der Waals surface area contributed by atoms with Crippen LogP contribution in [0.15, 0.2) is 12.7 Å². The lowest BCUT2D eigenvalue weighted by Gasteiger charge is -2.45. The smallest absolute Gasteiger partial charge is 0.0251 e. The van der Waals surface area contributed by atoms with E-state index in [4.69, 9.17) is 0 Å². The van der Waals surface area contributed by atoms with Gasteiger partial charge < -0.3 is 5.32 Å². The number of nitrogens with zero attached hydrogens (tertiary/aromatic N) is 1. The van der Waals surface area contributed by atoms with Crippen LogP contribution in [0.3, 0.4) is 0 Å². The summed E-state index contributed by atoms with van der Waals surface area (Å²) in [4.78, 5) is 2.62. The SMILES string of the molecule is C=CC(C)N1CC(CCC)NCC1C(C)C. The zero-order chi connectivity index (χ0) is 12.1. The fraction of sp³-hybridized carbons (Fsp3) is 0.857. The van der Waals surface area contributed by atoms with E-state index >= 15 is 0 Å². The summed E-state index contributed by atoms with van der Waals surface area (Å²) in [5, 5.41) is 3.68. The first-order chi connectivity index (χ1) is 7.60. The Balaban J connectivity index is 2.65. The molecule has 1 aliphatic rings. The standard InChI is InChI=1S/C14H28N2/c1-6-8-13-10-16(12(5)7-2)14(9-15-13)11(3)4/h7,11-15H,2,6,8-10H2,1,3-5H3. The van der Waals surface area contributed by atoms with E-state index in [2.05, 4.69) is 50.6 Å². The molecular formula is C14H28N2. The number of piperazine rings is 1. The van der Waals surface area contributed by atoms with Gasteiger partial charge in [0.1, 0.15) is 0 Å². The fourth-order valence-corrected chi connectivity index (χ4v) is 2.62. The molecule has 0 radical (unpaired) electrons. The monoisotopic (exact) mass is 224 g/mol. The Morgan fingerprint density at radius 1 is 1.44 bits per heavy atom. The third-order valence-corrected chi connectivity index (χ3v) is 3.74. The van der Waals surface area contributed by atoms with Crippen LogP contribution in [-0.4, -0.2) is 36.1 Å². The molecular weight excluding hydrogens is 196 g/mol. The van der Waals surface area contributed by atoms with Crippen LogP contribution in [0.4, 0.5) is 0 Å². The zero-order valence-electron chi connectivity index (χ0n) is 11.4. The minimum atomic E-state index is 0.494. The maximum Gasteiger partial charge on any atom is 0.0251 e. The van der Waals surface area contributed by atoms with Crippen molar-refractivity contribution < 1.29 is 0 Å². The highest BCUT2D eigenvalue weighted by molar-refractivity contribution is 4.95. The summed E-state index contributed by atoms with van der Waals surface area (Å²) in [5.74, 6) is 0.706. The topological polar surface area (TPSA) is 15.3 Å². The van der Waals surface area contributed by atoms with E-state index in [0.717, 1.165) is 6.54 Å². The Bertz CT molecular complexity index is 213. The number of rotatable bonds is 5. The van der Waals surface area contributed by atoms with Gasteiger partial charge in [0.25, 0.3) is 0 Å². The van der Waals surface area contributed by atoms with Gasteiger partial charge in [-0.1, -0.05) is 33.3 Å². The lowest BCUT2D eigenvalue weighted by Crippen LogP contribution is -2.60. The van der Waals surface area contributed by atoms with E-state index in [1.807, 2.05) is 0 Å². The van der Waals surface area contributed by atoms with Crippen molar-refractivity contribution in [3.05, 3.63) is 12.7 Å². The molecule has 2 nitrogen and oxygen atoms in total. The average molecular weight is 224 g/mol. The molecule has 1 saturated heterocycles. The first kappa shape index (κ1) is 13.7. The van der Waals surface area contributed by atoms with E-state index < -0.39 is 0 Å². The summed E-state index contributed by atoms with van der Waals surface area (Å²) >= 11 is 0. The quantitative estimate of drug-likeness (QED) is 0.722. The maximum absolute atomic E-state index is 3.94. The molecule has 1 aliphatic heterocycles. The predicted molar refractivity (Wildman–Crippen MR) is 71.7 cm³/mol. The predicted octanol–water partition coefficient (Wildman–Crippen LogP) is 2.66. The number of hydrogen-bond donors (Lipinski definition) is 1. The van der Waals surface area contributed by atoms with E-state index in [9.17, 15) is 0 Å². The highest BCUT2D eigenvalue weighted by atomic mass is 15.3. The minimum Gasteiger partial charge on any atom is -0.311 e. The van der Waals surface area contributed by atoms with Crippen molar-refractivity contribution in [3.8, 4) is 0 Å². The summed E-state index contributed by atoms with van der Waals surface area (Å²) in [7, 11) is 0. The van der Waals surface area contributed by atoms with Crippen LogP contribution in [-0.2, 0) is 0 Å². The van der Waals surface area contributed by atoms with E-state index in [0.29, 0.717) is 24.0 Å². The molecule has 0 spiro atoms. The van der Waals surface area contributed by atoms with Crippen molar-refractivity contribution >= 4 is 0 Å². The Morgan fingerprint density at radius 3 is 2.62 bits per heavy atom. The van der Waals surface area contributed by atoms with Gasteiger partial charge in [0.05, 0.1) is 0 Å². The second kappa shape index (κ2) is 6.41. The highest BCUT2D eigenvalue weighted by Crippen LogP contribution is 2.19. The van der Waals surface area contributed by atoms with Crippen LogP contribution in [0.5, 0.6) is 0 Å².